The number of nitrogens with zero attached hydrogens (tertiary/aromatic N) is 1. The standard InChI is InChI=1S/C23H19Cl3N4O3S/c24-23(25,26)21(29-22(34)27-17-12-7-13-18(14-17)30(32)33)28-20(31)19(15-8-3-1-4-9-15)16-10-5-2-6-11-16/h1-14,19,21H,(H,28,31)(H2,27,29,34). The van der Waals surface area contributed by atoms with Gasteiger partial charge in [0.2, 0.25) is 9.70 Å². The van der Waals surface area contributed by atoms with Gasteiger partial charge in [0.25, 0.3) is 5.69 Å². The van der Waals surface area contributed by atoms with Gasteiger partial charge in [-0.25, -0.2) is 0 Å². The predicted octanol–water partition coefficient (Wildman–Crippen LogP) is 5.53. The third-order valence-electron chi connectivity index (χ3n) is 4.73. The number of carbonyl (C=O) groups is 1. The van der Waals surface area contributed by atoms with Crippen molar-refractivity contribution in [1.82, 2.24) is 10.6 Å². The van der Waals surface area contributed by atoms with Gasteiger partial charge in [-0.05, 0) is 29.4 Å². The van der Waals surface area contributed by atoms with Crippen molar-refractivity contribution in [2.45, 2.75) is 15.9 Å². The zero-order valence-electron chi connectivity index (χ0n) is 17.5. The number of hydrogen-bond donors (Lipinski definition) is 3. The molecule has 3 N–H and O–H groups in total. The largest absolute Gasteiger partial charge is 0.339 e. The van der Waals surface area contributed by atoms with Crippen molar-refractivity contribution < 1.29 is 9.72 Å². The summed E-state index contributed by atoms with van der Waals surface area (Å²) in [7, 11) is 0. The zero-order chi connectivity index (χ0) is 24.7. The molecular weight excluding hydrogens is 519 g/mol. The second-order valence-electron chi connectivity index (χ2n) is 7.14. The fourth-order valence-electron chi connectivity index (χ4n) is 3.21. The van der Waals surface area contributed by atoms with E-state index in [9.17, 15) is 14.9 Å². The second-order valence-corrected chi connectivity index (χ2v) is 9.92. The van der Waals surface area contributed by atoms with Gasteiger partial charge in [-0.3, -0.25) is 14.9 Å². The maximum Gasteiger partial charge on any atom is 0.271 e. The van der Waals surface area contributed by atoms with Crippen LogP contribution in [0.2, 0.25) is 0 Å². The molecule has 0 fully saturated rings. The quantitative estimate of drug-likeness (QED) is 0.121. The molecule has 0 heterocycles. The molecule has 0 aliphatic carbocycles. The van der Waals surface area contributed by atoms with Crippen LogP contribution in [0.25, 0.3) is 0 Å². The van der Waals surface area contributed by atoms with Gasteiger partial charge >= 0.3 is 0 Å². The minimum atomic E-state index is -1.97. The lowest BCUT2D eigenvalue weighted by Gasteiger charge is -2.29. The molecule has 11 heteroatoms. The van der Waals surface area contributed by atoms with Crippen LogP contribution in [-0.4, -0.2) is 25.9 Å². The van der Waals surface area contributed by atoms with E-state index in [0.29, 0.717) is 5.69 Å². The van der Waals surface area contributed by atoms with Crippen LogP contribution in [0.5, 0.6) is 0 Å². The number of non-ortho nitro benzene ring substituents is 1. The Hall–Kier alpha value is -2.91. The molecule has 1 amide bonds. The summed E-state index contributed by atoms with van der Waals surface area (Å²) < 4.78 is -1.97. The lowest BCUT2D eigenvalue weighted by molar-refractivity contribution is -0.384. The van der Waals surface area contributed by atoms with Gasteiger partial charge in [0.15, 0.2) is 5.11 Å². The number of alkyl halides is 3. The minimum absolute atomic E-state index is 0.00639. The van der Waals surface area contributed by atoms with Gasteiger partial charge in [-0.2, -0.15) is 0 Å². The molecule has 176 valence electrons. The number of thiocarbonyl (C=S) groups is 1. The zero-order valence-corrected chi connectivity index (χ0v) is 20.5. The molecule has 0 aliphatic heterocycles. The summed E-state index contributed by atoms with van der Waals surface area (Å²) in [5.41, 5.74) is 1.75. The number of halogens is 3. The number of nitro groups is 1. The van der Waals surface area contributed by atoms with Crippen LogP contribution in [0.15, 0.2) is 84.9 Å². The Morgan fingerprint density at radius 2 is 1.44 bits per heavy atom. The Morgan fingerprint density at radius 1 is 0.882 bits per heavy atom. The number of anilines is 1. The van der Waals surface area contributed by atoms with E-state index in [1.165, 1.54) is 18.2 Å². The Kier molecular flexibility index (Phi) is 8.68. The van der Waals surface area contributed by atoms with Crippen LogP contribution < -0.4 is 16.0 Å². The first-order valence-electron chi connectivity index (χ1n) is 9.94. The summed E-state index contributed by atoms with van der Waals surface area (Å²) in [6.07, 6.45) is -1.21. The SMILES string of the molecule is O=C(NC(NC(=S)Nc1cccc([N+](=O)[O-])c1)C(Cl)(Cl)Cl)C(c1ccccc1)c1ccccc1. The average Bonchev–Trinajstić information content (AvgIpc) is 2.80. The molecule has 3 rings (SSSR count). The molecule has 1 unspecified atom stereocenters. The molecule has 0 aromatic heterocycles. The van der Waals surface area contributed by atoms with Gasteiger partial charge in [0.05, 0.1) is 10.8 Å². The Bertz CT molecular complexity index is 1120. The van der Waals surface area contributed by atoms with E-state index in [-0.39, 0.29) is 10.8 Å². The third kappa shape index (κ3) is 7.04. The highest BCUT2D eigenvalue weighted by Gasteiger charge is 2.36. The first-order valence-corrected chi connectivity index (χ1v) is 11.5. The fraction of sp³-hybridized carbons (Fsp3) is 0.130. The number of benzene rings is 3. The Morgan fingerprint density at radius 3 is 1.94 bits per heavy atom. The van der Waals surface area contributed by atoms with Gasteiger partial charge in [0.1, 0.15) is 6.17 Å². The topological polar surface area (TPSA) is 96.3 Å². The summed E-state index contributed by atoms with van der Waals surface area (Å²) in [5, 5.41) is 19.3. The van der Waals surface area contributed by atoms with Gasteiger partial charge in [-0.1, -0.05) is 102 Å². The van der Waals surface area contributed by atoms with Crippen LogP contribution in [0.4, 0.5) is 11.4 Å². The highest BCUT2D eigenvalue weighted by molar-refractivity contribution is 7.80. The monoisotopic (exact) mass is 536 g/mol. The highest BCUT2D eigenvalue weighted by atomic mass is 35.6. The minimum Gasteiger partial charge on any atom is -0.339 e. The summed E-state index contributed by atoms with van der Waals surface area (Å²) in [4.78, 5) is 23.9. The van der Waals surface area contributed by atoms with E-state index in [1.807, 2.05) is 60.7 Å². The molecule has 3 aromatic rings. The number of rotatable bonds is 7. The van der Waals surface area contributed by atoms with Crippen LogP contribution in [0, 0.1) is 10.1 Å². The lowest BCUT2D eigenvalue weighted by atomic mass is 9.90. The number of nitrogens with one attached hydrogen (secondary N) is 3. The van der Waals surface area contributed by atoms with Gasteiger partial charge in [-0.15, -0.1) is 0 Å². The second kappa shape index (κ2) is 11.5. The van der Waals surface area contributed by atoms with Crippen LogP contribution in [0.1, 0.15) is 17.0 Å². The summed E-state index contributed by atoms with van der Waals surface area (Å²) in [6, 6.07) is 24.1. The Balaban J connectivity index is 1.79. The molecule has 34 heavy (non-hydrogen) atoms. The van der Waals surface area contributed by atoms with Gasteiger partial charge < -0.3 is 16.0 Å². The highest BCUT2D eigenvalue weighted by Crippen LogP contribution is 2.31. The Labute approximate surface area is 216 Å². The molecule has 0 bridgehead atoms. The first-order chi connectivity index (χ1) is 16.1. The summed E-state index contributed by atoms with van der Waals surface area (Å²) in [5.74, 6) is -1.09. The lowest BCUT2D eigenvalue weighted by Crippen LogP contribution is -2.57. The van der Waals surface area contributed by atoms with Crippen molar-refractivity contribution in [3.8, 4) is 0 Å². The van der Waals surface area contributed by atoms with E-state index in [0.717, 1.165) is 11.1 Å². The van der Waals surface area contributed by atoms with E-state index >= 15 is 0 Å². The molecule has 1 atom stereocenters. The molecule has 0 aliphatic rings. The number of carbonyl (C=O) groups excluding carboxylic acids is 1. The molecule has 0 saturated carbocycles. The molecule has 7 nitrogen and oxygen atoms in total. The van der Waals surface area contributed by atoms with E-state index in [2.05, 4.69) is 16.0 Å². The predicted molar refractivity (Wildman–Crippen MR) is 139 cm³/mol. The summed E-state index contributed by atoms with van der Waals surface area (Å²) >= 11 is 23.7. The maximum absolute atomic E-state index is 13.4. The maximum atomic E-state index is 13.4. The van der Waals surface area contributed by atoms with Crippen LogP contribution in [0.3, 0.4) is 0 Å². The van der Waals surface area contributed by atoms with Crippen molar-refractivity contribution >= 4 is 69.4 Å². The normalized spacial score (nSPS) is 12.0. The molecular formula is C23H19Cl3N4O3S. The molecule has 0 radical (unpaired) electrons. The molecule has 3 aromatic carbocycles. The van der Waals surface area contributed by atoms with E-state index < -0.39 is 26.7 Å². The number of amides is 1. The van der Waals surface area contributed by atoms with Crippen molar-refractivity contribution in [2.24, 2.45) is 0 Å². The third-order valence-corrected chi connectivity index (χ3v) is 5.61. The molecule has 0 spiro atoms. The number of nitro benzene ring substituents is 1. The average molecular weight is 538 g/mol. The first kappa shape index (κ1) is 25.7. The summed E-state index contributed by atoms with van der Waals surface area (Å²) in [6.45, 7) is 0. The van der Waals surface area contributed by atoms with Crippen molar-refractivity contribution in [3.05, 3.63) is 106 Å². The van der Waals surface area contributed by atoms with E-state index in [4.69, 9.17) is 47.0 Å². The van der Waals surface area contributed by atoms with Crippen molar-refractivity contribution in [3.63, 3.8) is 0 Å². The van der Waals surface area contributed by atoms with E-state index in [1.54, 1.807) is 6.07 Å². The van der Waals surface area contributed by atoms with Crippen LogP contribution in [-0.2, 0) is 4.79 Å². The van der Waals surface area contributed by atoms with Crippen molar-refractivity contribution in [2.75, 3.05) is 5.32 Å². The van der Waals surface area contributed by atoms with Crippen LogP contribution >= 0.6 is 47.0 Å². The van der Waals surface area contributed by atoms with Gasteiger partial charge in [0, 0.05) is 17.8 Å². The fourth-order valence-corrected chi connectivity index (χ4v) is 3.77. The smallest absolute Gasteiger partial charge is 0.271 e. The molecule has 0 saturated heterocycles. The number of hydrogen-bond acceptors (Lipinski definition) is 4. The van der Waals surface area contributed by atoms with Crippen molar-refractivity contribution in [1.29, 1.82) is 0 Å².